The Morgan fingerprint density at radius 3 is 2.17 bits per heavy atom. The Bertz CT molecular complexity index is 1910. The van der Waals surface area contributed by atoms with Crippen molar-refractivity contribution in [1.82, 2.24) is 9.62 Å². The van der Waals surface area contributed by atoms with E-state index in [1.54, 1.807) is 24.3 Å². The van der Waals surface area contributed by atoms with E-state index in [1.807, 2.05) is 73.7 Å². The van der Waals surface area contributed by atoms with Gasteiger partial charge in [-0.2, -0.15) is 4.72 Å². The summed E-state index contributed by atoms with van der Waals surface area (Å²) < 4.78 is 54.3. The lowest BCUT2D eigenvalue weighted by Gasteiger charge is -2.41. The summed E-state index contributed by atoms with van der Waals surface area (Å²) in [5.74, 6) is -0.929. The lowest BCUT2D eigenvalue weighted by Crippen LogP contribution is -2.48. The monoisotopic (exact) mass is 741 g/mol. The molecule has 0 aliphatic carbocycles. The lowest BCUT2D eigenvalue weighted by atomic mass is 9.98. The molecule has 3 heterocycles. The number of aryl methyl sites for hydroxylation is 1. The summed E-state index contributed by atoms with van der Waals surface area (Å²) in [6.45, 7) is 5.57. The van der Waals surface area contributed by atoms with Gasteiger partial charge >= 0.3 is 0 Å². The van der Waals surface area contributed by atoms with Gasteiger partial charge in [0.2, 0.25) is 15.9 Å². The van der Waals surface area contributed by atoms with Crippen LogP contribution < -0.4 is 10.0 Å². The number of rotatable bonds is 12. The predicted octanol–water partition coefficient (Wildman–Crippen LogP) is 5.40. The number of hydrogen-bond acceptors (Lipinski definition) is 9. The Balaban J connectivity index is 1.05. The Hall–Kier alpha value is -3.98. The number of aliphatic hydroxyl groups excluding tert-OH is 1. The van der Waals surface area contributed by atoms with Gasteiger partial charge in [-0.1, -0.05) is 84.4 Å². The fraction of sp³-hybridized carbons (Fsp3) is 0.390. The van der Waals surface area contributed by atoms with Crippen molar-refractivity contribution in [2.45, 2.75) is 74.4 Å². The third kappa shape index (κ3) is 9.40. The molecule has 4 aromatic carbocycles. The summed E-state index contributed by atoms with van der Waals surface area (Å²) in [5.41, 5.74) is 4.89. The number of ether oxygens (including phenoxy) is 4. The Morgan fingerprint density at radius 2 is 1.51 bits per heavy atom. The molecule has 53 heavy (non-hydrogen) atoms. The van der Waals surface area contributed by atoms with Crippen LogP contribution in [-0.4, -0.2) is 75.1 Å². The van der Waals surface area contributed by atoms with Gasteiger partial charge in [0.25, 0.3) is 0 Å². The van der Waals surface area contributed by atoms with Crippen LogP contribution in [0.2, 0.25) is 0 Å². The minimum absolute atomic E-state index is 0.0292. The number of likely N-dealkylation sites (tertiary alicyclic amines) is 1. The summed E-state index contributed by atoms with van der Waals surface area (Å²) >= 11 is 0. The van der Waals surface area contributed by atoms with Crippen LogP contribution >= 0.6 is 0 Å². The number of nitrogens with zero attached hydrogens (tertiary/aromatic N) is 1. The summed E-state index contributed by atoms with van der Waals surface area (Å²) in [4.78, 5) is 16.2. The van der Waals surface area contributed by atoms with Gasteiger partial charge in [0, 0.05) is 50.1 Å². The average molecular weight is 742 g/mol. The van der Waals surface area contributed by atoms with E-state index >= 15 is 0 Å². The van der Waals surface area contributed by atoms with E-state index in [-0.39, 0.29) is 30.1 Å². The lowest BCUT2D eigenvalue weighted by molar-refractivity contribution is -0.255. The summed E-state index contributed by atoms with van der Waals surface area (Å²) in [7, 11) is -3.98. The zero-order valence-corrected chi connectivity index (χ0v) is 30.7. The fourth-order valence-electron chi connectivity index (χ4n) is 7.15. The van der Waals surface area contributed by atoms with Gasteiger partial charge in [0.15, 0.2) is 12.1 Å². The highest BCUT2D eigenvalue weighted by Gasteiger charge is 2.41. The maximum atomic E-state index is 13.7. The first kappa shape index (κ1) is 37.3. The number of sulfonamides is 1. The molecule has 12 heteroatoms. The van der Waals surface area contributed by atoms with Gasteiger partial charge in [-0.15, -0.1) is 0 Å². The molecule has 3 aliphatic rings. The molecular formula is C41H47N3O8S. The fourth-order valence-corrected chi connectivity index (χ4v) is 8.34. The number of benzene rings is 4. The number of aliphatic hydroxyl groups is 1. The van der Waals surface area contributed by atoms with Crippen LogP contribution in [-0.2, 0) is 46.8 Å². The normalized spacial score (nSPS) is 22.4. The van der Waals surface area contributed by atoms with Gasteiger partial charge in [-0.3, -0.25) is 4.79 Å². The quantitative estimate of drug-likeness (QED) is 0.175. The van der Waals surface area contributed by atoms with Gasteiger partial charge in [-0.05, 0) is 54.3 Å². The van der Waals surface area contributed by atoms with E-state index in [2.05, 4.69) is 14.9 Å². The highest BCUT2D eigenvalue weighted by molar-refractivity contribution is 7.89. The van der Waals surface area contributed by atoms with Gasteiger partial charge < -0.3 is 34.3 Å². The van der Waals surface area contributed by atoms with Crippen molar-refractivity contribution in [3.63, 3.8) is 0 Å². The smallest absolute Gasteiger partial charge is 0.242 e. The van der Waals surface area contributed by atoms with Gasteiger partial charge in [-0.25, -0.2) is 8.42 Å². The maximum absolute atomic E-state index is 13.7. The van der Waals surface area contributed by atoms with Crippen molar-refractivity contribution in [3.8, 4) is 0 Å². The van der Waals surface area contributed by atoms with Gasteiger partial charge in [0.05, 0.1) is 36.9 Å². The van der Waals surface area contributed by atoms with E-state index in [1.165, 1.54) is 12.1 Å². The molecule has 280 valence electrons. The molecule has 3 aliphatic heterocycles. The second kappa shape index (κ2) is 16.6. The van der Waals surface area contributed by atoms with Crippen LogP contribution in [0.15, 0.2) is 108 Å². The highest BCUT2D eigenvalue weighted by atomic mass is 32.2. The second-order valence-corrected chi connectivity index (χ2v) is 15.8. The Labute approximate surface area is 311 Å². The number of hydrogen-bond donors (Lipinski definition) is 3. The molecule has 1 amide bonds. The van der Waals surface area contributed by atoms with Crippen molar-refractivity contribution < 1.29 is 37.3 Å². The van der Waals surface area contributed by atoms with E-state index in [0.29, 0.717) is 25.3 Å². The van der Waals surface area contributed by atoms with E-state index < -0.39 is 34.0 Å². The first-order chi connectivity index (χ1) is 25.7. The molecule has 4 aromatic rings. The minimum Gasteiger partial charge on any atom is -0.392 e. The second-order valence-electron chi connectivity index (χ2n) is 14.0. The number of anilines is 1. The Kier molecular flexibility index (Phi) is 11.7. The highest BCUT2D eigenvalue weighted by Crippen LogP contribution is 2.39. The van der Waals surface area contributed by atoms with Crippen molar-refractivity contribution in [2.24, 2.45) is 0 Å². The van der Waals surface area contributed by atoms with E-state index in [4.69, 9.17) is 18.9 Å². The molecule has 1 spiro atoms. The average Bonchev–Trinajstić information content (AvgIpc) is 3.64. The molecule has 0 radical (unpaired) electrons. The van der Waals surface area contributed by atoms with Crippen molar-refractivity contribution in [1.29, 1.82) is 0 Å². The van der Waals surface area contributed by atoms with Crippen LogP contribution in [0.1, 0.15) is 59.5 Å². The number of carbonyl (C=O) groups excluding carboxylic acids is 1. The molecule has 0 unspecified atom stereocenters. The Morgan fingerprint density at radius 1 is 0.849 bits per heavy atom. The zero-order chi connectivity index (χ0) is 36.8. The minimum atomic E-state index is -3.98. The molecule has 0 saturated carbocycles. The SMILES string of the molecule is Cc1ccc(S(=O)(=O)N[C@H](Cc2ccccc2)C(=O)Nc2ccc([C@@H]3O[C@H](CN4CCC5(CC4)OCCO5)C[C@H](c4ccc(CO)cc4)O3)cc2)cc1. The molecule has 3 saturated heterocycles. The number of carbonyl (C=O) groups is 1. The summed E-state index contributed by atoms with van der Waals surface area (Å²) in [6.07, 6.45) is 1.46. The predicted molar refractivity (Wildman–Crippen MR) is 199 cm³/mol. The van der Waals surface area contributed by atoms with E-state index in [0.717, 1.165) is 60.3 Å². The maximum Gasteiger partial charge on any atom is 0.242 e. The van der Waals surface area contributed by atoms with Crippen LogP contribution in [0.3, 0.4) is 0 Å². The molecule has 11 nitrogen and oxygen atoms in total. The molecule has 4 atom stereocenters. The zero-order valence-electron chi connectivity index (χ0n) is 29.9. The standard InChI is InChI=1S/C41H47N3O8S/c1-29-7-17-36(18-8-29)53(47,48)43-37(25-30-5-3-2-4-6-30)39(46)42-34-15-13-33(14-16-34)40-51-35(26-38(52-40)32-11-9-31(28-45)10-12-32)27-44-21-19-41(20-22-44)49-23-24-50-41/h2-18,35,37-38,40,43,45H,19-28H2,1H3,(H,42,46)/t35-,37+,38+,40+/m0/s1. The first-order valence-electron chi connectivity index (χ1n) is 18.2. The van der Waals surface area contributed by atoms with Crippen molar-refractivity contribution in [2.75, 3.05) is 38.2 Å². The molecule has 7 rings (SSSR count). The van der Waals surface area contributed by atoms with Crippen LogP contribution in [0.25, 0.3) is 0 Å². The van der Waals surface area contributed by atoms with Crippen LogP contribution in [0.5, 0.6) is 0 Å². The number of nitrogens with one attached hydrogen (secondary N) is 2. The van der Waals surface area contributed by atoms with Crippen molar-refractivity contribution >= 4 is 21.6 Å². The van der Waals surface area contributed by atoms with E-state index in [9.17, 15) is 18.3 Å². The molecule has 0 aromatic heterocycles. The third-order valence-corrected chi connectivity index (χ3v) is 11.7. The summed E-state index contributed by atoms with van der Waals surface area (Å²) in [6, 6.07) is 29.8. The molecule has 3 fully saturated rings. The number of amides is 1. The molecule has 0 bridgehead atoms. The topological polar surface area (TPSA) is 136 Å². The number of piperidine rings is 1. The van der Waals surface area contributed by atoms with Crippen molar-refractivity contribution in [3.05, 3.63) is 131 Å². The molecule has 3 N–H and O–H groups in total. The van der Waals surface area contributed by atoms with Gasteiger partial charge in [0.1, 0.15) is 6.04 Å². The summed E-state index contributed by atoms with van der Waals surface area (Å²) in [5, 5.41) is 12.5. The van der Waals surface area contributed by atoms with Crippen LogP contribution in [0.4, 0.5) is 5.69 Å². The first-order valence-corrected chi connectivity index (χ1v) is 19.7. The molecular weight excluding hydrogens is 695 g/mol. The third-order valence-electron chi connectivity index (χ3n) is 10.2. The van der Waals surface area contributed by atoms with Crippen LogP contribution in [0, 0.1) is 6.92 Å². The largest absolute Gasteiger partial charge is 0.392 e.